The van der Waals surface area contributed by atoms with Crippen molar-refractivity contribution in [2.75, 3.05) is 0 Å². The first-order valence-electron chi connectivity index (χ1n) is 7.86. The highest BCUT2D eigenvalue weighted by molar-refractivity contribution is 4.88. The van der Waals surface area contributed by atoms with E-state index in [9.17, 15) is 0 Å². The molecule has 4 atom stereocenters. The van der Waals surface area contributed by atoms with Gasteiger partial charge in [0, 0.05) is 0 Å². The van der Waals surface area contributed by atoms with Crippen LogP contribution in [0.3, 0.4) is 0 Å². The van der Waals surface area contributed by atoms with Crippen molar-refractivity contribution in [2.45, 2.75) is 79.1 Å². The third kappa shape index (κ3) is 3.02. The van der Waals surface area contributed by atoms with Crippen LogP contribution in [-0.2, 0) is 0 Å². The summed E-state index contributed by atoms with van der Waals surface area (Å²) in [5.41, 5.74) is 0. The predicted molar refractivity (Wildman–Crippen MR) is 73.6 cm³/mol. The van der Waals surface area contributed by atoms with Gasteiger partial charge in [0.15, 0.2) is 0 Å². The predicted octanol–water partition coefficient (Wildman–Crippen LogP) is 5.67. The zero-order chi connectivity index (χ0) is 12.0. The van der Waals surface area contributed by atoms with Crippen LogP contribution < -0.4 is 0 Å². The first kappa shape index (κ1) is 14.1. The molecule has 0 amide bonds. The van der Waals surface area contributed by atoms with Gasteiger partial charge >= 0.3 is 0 Å². The molecule has 0 radical (unpaired) electrons. The zero-order valence-electron chi connectivity index (χ0n) is 12.0. The molecule has 0 bridgehead atoms. The number of fused-ring (bicyclic) bond motifs is 1. The van der Waals surface area contributed by atoms with Gasteiger partial charge in [-0.25, -0.2) is 0 Å². The van der Waals surface area contributed by atoms with Gasteiger partial charge in [0.25, 0.3) is 0 Å². The molecule has 4 unspecified atom stereocenters. The molecule has 0 saturated heterocycles. The van der Waals surface area contributed by atoms with Crippen molar-refractivity contribution in [3.8, 4) is 0 Å². The molecule has 0 heterocycles. The number of hydrogen-bond donors (Lipinski definition) is 0. The Morgan fingerprint density at radius 1 is 0.812 bits per heavy atom. The molecule has 0 aliphatic heterocycles. The van der Waals surface area contributed by atoms with Crippen molar-refractivity contribution in [3.05, 3.63) is 0 Å². The maximum atomic E-state index is 2.42. The van der Waals surface area contributed by atoms with E-state index in [1.54, 1.807) is 19.3 Å². The Morgan fingerprint density at radius 2 is 1.50 bits per heavy atom. The lowest BCUT2D eigenvalue weighted by atomic mass is 9.60. The van der Waals surface area contributed by atoms with E-state index in [0.29, 0.717) is 0 Å². The molecule has 2 aliphatic carbocycles. The van der Waals surface area contributed by atoms with E-state index in [2.05, 4.69) is 13.8 Å². The van der Waals surface area contributed by atoms with E-state index in [-0.39, 0.29) is 0 Å². The average Bonchev–Trinajstić information content (AvgIpc) is 2.39. The van der Waals surface area contributed by atoms with Crippen molar-refractivity contribution in [1.82, 2.24) is 0 Å². The minimum Gasteiger partial charge on any atom is -0.0683 e. The van der Waals surface area contributed by atoms with Crippen molar-refractivity contribution < 1.29 is 0 Å². The second-order valence-corrected chi connectivity index (χ2v) is 5.53. The minimum atomic E-state index is 1.07. The normalized spacial score (nSPS) is 38.2. The van der Waals surface area contributed by atoms with Crippen molar-refractivity contribution in [1.29, 1.82) is 0 Å². The van der Waals surface area contributed by atoms with Crippen LogP contribution >= 0.6 is 0 Å². The van der Waals surface area contributed by atoms with Gasteiger partial charge in [-0.05, 0) is 42.9 Å². The smallest absolute Gasteiger partial charge is 0.0355 e. The highest BCUT2D eigenvalue weighted by atomic mass is 14.4. The molecule has 0 aromatic rings. The Kier molecular flexibility index (Phi) is 6.46. The Labute approximate surface area is 103 Å². The van der Waals surface area contributed by atoms with Gasteiger partial charge in [-0.2, -0.15) is 0 Å². The lowest BCUT2D eigenvalue weighted by Gasteiger charge is -2.45. The molecule has 96 valence electrons. The van der Waals surface area contributed by atoms with Gasteiger partial charge in [-0.3, -0.25) is 0 Å². The summed E-state index contributed by atoms with van der Waals surface area (Å²) >= 11 is 0. The van der Waals surface area contributed by atoms with Gasteiger partial charge in [0.05, 0.1) is 0 Å². The topological polar surface area (TPSA) is 0 Å². The quantitative estimate of drug-likeness (QED) is 0.567. The molecular formula is C16H32. The molecule has 2 saturated carbocycles. The van der Waals surface area contributed by atoms with E-state index in [4.69, 9.17) is 0 Å². The summed E-state index contributed by atoms with van der Waals surface area (Å²) in [5, 5.41) is 0. The first-order chi connectivity index (χ1) is 7.86. The summed E-state index contributed by atoms with van der Waals surface area (Å²) in [6, 6.07) is 0. The summed E-state index contributed by atoms with van der Waals surface area (Å²) in [7, 11) is 0. The molecule has 16 heavy (non-hydrogen) atoms. The van der Waals surface area contributed by atoms with E-state index in [0.717, 1.165) is 23.7 Å². The molecule has 0 heteroatoms. The molecular weight excluding hydrogens is 192 g/mol. The van der Waals surface area contributed by atoms with Crippen LogP contribution in [0.25, 0.3) is 0 Å². The van der Waals surface area contributed by atoms with Crippen molar-refractivity contribution in [3.63, 3.8) is 0 Å². The Bertz CT molecular complexity index is 167. The largest absolute Gasteiger partial charge is 0.0683 e. The van der Waals surface area contributed by atoms with Crippen LogP contribution in [0.15, 0.2) is 0 Å². The van der Waals surface area contributed by atoms with Crippen LogP contribution in [0.4, 0.5) is 0 Å². The Morgan fingerprint density at radius 3 is 2.12 bits per heavy atom. The van der Waals surface area contributed by atoms with Crippen LogP contribution in [-0.4, -0.2) is 0 Å². The van der Waals surface area contributed by atoms with E-state index < -0.39 is 0 Å². The minimum absolute atomic E-state index is 1.07. The molecule has 0 spiro atoms. The van der Waals surface area contributed by atoms with E-state index in [1.807, 2.05) is 13.8 Å². The second-order valence-electron chi connectivity index (χ2n) is 5.53. The van der Waals surface area contributed by atoms with Crippen molar-refractivity contribution in [2.24, 2.45) is 23.7 Å². The van der Waals surface area contributed by atoms with Crippen LogP contribution in [0, 0.1) is 23.7 Å². The number of rotatable bonds is 2. The maximum absolute atomic E-state index is 2.42. The third-order valence-electron chi connectivity index (χ3n) is 5.03. The summed E-state index contributed by atoms with van der Waals surface area (Å²) < 4.78 is 0. The van der Waals surface area contributed by atoms with Crippen LogP contribution in [0.5, 0.6) is 0 Å². The molecule has 0 N–H and O–H groups in total. The molecule has 2 aliphatic rings. The fraction of sp³-hybridized carbons (Fsp3) is 1.00. The maximum Gasteiger partial charge on any atom is -0.0355 e. The molecule has 2 fully saturated rings. The highest BCUT2D eigenvalue weighted by Gasteiger charge is 2.38. The summed E-state index contributed by atoms with van der Waals surface area (Å²) in [6.45, 7) is 8.82. The second kappa shape index (κ2) is 7.35. The first-order valence-corrected chi connectivity index (χ1v) is 7.86. The van der Waals surface area contributed by atoms with Gasteiger partial charge in [0.2, 0.25) is 0 Å². The molecule has 0 aromatic heterocycles. The summed E-state index contributed by atoms with van der Waals surface area (Å²) in [6.07, 6.45) is 12.1. The van der Waals surface area contributed by atoms with Crippen LogP contribution in [0.1, 0.15) is 79.1 Å². The summed E-state index contributed by atoms with van der Waals surface area (Å²) in [5.74, 6) is 4.39. The molecule has 0 nitrogen and oxygen atoms in total. The SMILES string of the molecule is CC.CCC1CCC2CCCCC2C1CC. The summed E-state index contributed by atoms with van der Waals surface area (Å²) in [4.78, 5) is 0. The lowest BCUT2D eigenvalue weighted by molar-refractivity contribution is 0.0501. The molecule has 2 rings (SSSR count). The average molecular weight is 224 g/mol. The Balaban J connectivity index is 0.000000606. The fourth-order valence-corrected chi connectivity index (χ4v) is 4.29. The Hall–Kier alpha value is 0. The third-order valence-corrected chi connectivity index (χ3v) is 5.03. The van der Waals surface area contributed by atoms with E-state index in [1.165, 1.54) is 32.1 Å². The van der Waals surface area contributed by atoms with Gasteiger partial charge in [-0.15, -0.1) is 0 Å². The van der Waals surface area contributed by atoms with Gasteiger partial charge in [0.1, 0.15) is 0 Å². The monoisotopic (exact) mass is 224 g/mol. The van der Waals surface area contributed by atoms with Gasteiger partial charge in [-0.1, -0.05) is 59.8 Å². The van der Waals surface area contributed by atoms with Crippen molar-refractivity contribution >= 4 is 0 Å². The highest BCUT2D eigenvalue weighted by Crippen LogP contribution is 2.48. The molecule has 0 aromatic carbocycles. The number of hydrogen-bond acceptors (Lipinski definition) is 0. The van der Waals surface area contributed by atoms with E-state index >= 15 is 0 Å². The van der Waals surface area contributed by atoms with Gasteiger partial charge < -0.3 is 0 Å². The standard InChI is InChI=1S/C14H26.C2H6/c1-3-11-9-10-12-7-5-6-8-14(12)13(11)4-2;1-2/h11-14H,3-10H2,1-2H3;1-2H3. The lowest BCUT2D eigenvalue weighted by Crippen LogP contribution is -2.36. The van der Waals surface area contributed by atoms with Crippen LogP contribution in [0.2, 0.25) is 0 Å². The zero-order valence-corrected chi connectivity index (χ0v) is 12.0. The fourth-order valence-electron chi connectivity index (χ4n) is 4.29.